The summed E-state index contributed by atoms with van der Waals surface area (Å²) < 4.78 is 9.14. The number of piperazine rings is 1. The zero-order chi connectivity index (χ0) is 32.2. The Balaban J connectivity index is 1.19. The topological polar surface area (TPSA) is 110 Å². The summed E-state index contributed by atoms with van der Waals surface area (Å²) in [5, 5.41) is 3.70. The van der Waals surface area contributed by atoms with Gasteiger partial charge in [0.15, 0.2) is 5.65 Å². The van der Waals surface area contributed by atoms with Gasteiger partial charge in [0, 0.05) is 43.8 Å². The van der Waals surface area contributed by atoms with E-state index < -0.39 is 5.60 Å². The number of para-hydroxylation sites is 3. The van der Waals surface area contributed by atoms with Crippen LogP contribution in [0, 0.1) is 13.8 Å². The highest BCUT2D eigenvalue weighted by molar-refractivity contribution is 5.88. The van der Waals surface area contributed by atoms with Gasteiger partial charge in [0.1, 0.15) is 11.0 Å². The van der Waals surface area contributed by atoms with Crippen molar-refractivity contribution < 1.29 is 9.53 Å². The zero-order valence-electron chi connectivity index (χ0n) is 26.6. The Morgan fingerprint density at radius 1 is 0.870 bits per heavy atom. The number of carbonyl (C=O) groups excluding carboxylic acids is 1. The summed E-state index contributed by atoms with van der Waals surface area (Å²) in [7, 11) is 0. The van der Waals surface area contributed by atoms with Crippen molar-refractivity contribution in [3.05, 3.63) is 94.4 Å². The minimum Gasteiger partial charge on any atom is -0.444 e. The van der Waals surface area contributed by atoms with Gasteiger partial charge < -0.3 is 19.9 Å². The number of imidazole rings is 1. The number of anilines is 3. The van der Waals surface area contributed by atoms with Crippen molar-refractivity contribution in [1.82, 2.24) is 28.8 Å². The molecule has 0 radical (unpaired) electrons. The number of carbonyl (C=O) groups is 1. The van der Waals surface area contributed by atoms with Crippen LogP contribution in [0.2, 0.25) is 0 Å². The molecule has 0 saturated carbocycles. The molecule has 1 amide bonds. The first-order valence-electron chi connectivity index (χ1n) is 15.4. The third kappa shape index (κ3) is 5.27. The Hall–Kier alpha value is -5.45. The lowest BCUT2D eigenvalue weighted by Crippen LogP contribution is -2.50. The van der Waals surface area contributed by atoms with Gasteiger partial charge in [-0.2, -0.15) is 4.98 Å². The second-order valence-corrected chi connectivity index (χ2v) is 12.7. The molecule has 1 saturated heterocycles. The average Bonchev–Trinajstić information content (AvgIpc) is 3.41. The summed E-state index contributed by atoms with van der Waals surface area (Å²) in [6.07, 6.45) is 1.32. The van der Waals surface area contributed by atoms with E-state index in [1.54, 1.807) is 15.7 Å². The summed E-state index contributed by atoms with van der Waals surface area (Å²) in [6.45, 7) is 12.3. The Bertz CT molecular complexity index is 2150. The Kier molecular flexibility index (Phi) is 7.11. The summed E-state index contributed by atoms with van der Waals surface area (Å²) in [6, 6.07) is 21.8. The quantitative estimate of drug-likeness (QED) is 0.257. The van der Waals surface area contributed by atoms with Crippen LogP contribution in [0.4, 0.5) is 22.1 Å². The Morgan fingerprint density at radius 3 is 2.26 bits per heavy atom. The predicted molar refractivity (Wildman–Crippen MR) is 181 cm³/mol. The summed E-state index contributed by atoms with van der Waals surface area (Å²) in [4.78, 5) is 44.8. The van der Waals surface area contributed by atoms with Gasteiger partial charge in [0.05, 0.1) is 16.7 Å². The standard InChI is InChI=1S/C35H36N8O3/c1-22-9-8-10-23(2)29(22)43-31(44)26-21-36-32(39-30(26)42-28-12-7-6-11-27(28)38-33(42)43)37-24-13-15-25(16-14-24)40-17-19-41(20-18-40)34(45)46-35(3,4)5/h6-16,21H,17-20H2,1-5H3,(H,36,37,39). The second kappa shape index (κ2) is 11.2. The SMILES string of the molecule is Cc1cccc(C)c1-n1c(=O)c2cnc(Nc3ccc(N4CCN(C(=O)OC(C)(C)C)CC4)cc3)nc2n2c3ccccc3nc12. The van der Waals surface area contributed by atoms with Crippen LogP contribution < -0.4 is 15.8 Å². The maximum atomic E-state index is 14.1. The van der Waals surface area contributed by atoms with Gasteiger partial charge >= 0.3 is 6.09 Å². The van der Waals surface area contributed by atoms with Crippen molar-refractivity contribution in [1.29, 1.82) is 0 Å². The summed E-state index contributed by atoms with van der Waals surface area (Å²) >= 11 is 0. The molecule has 1 aliphatic heterocycles. The fourth-order valence-electron chi connectivity index (χ4n) is 6.06. The van der Waals surface area contributed by atoms with E-state index in [4.69, 9.17) is 14.7 Å². The van der Waals surface area contributed by atoms with E-state index in [0.717, 1.165) is 39.2 Å². The highest BCUT2D eigenvalue weighted by atomic mass is 16.6. The van der Waals surface area contributed by atoms with E-state index in [-0.39, 0.29) is 11.7 Å². The van der Waals surface area contributed by atoms with Crippen LogP contribution >= 0.6 is 0 Å². The van der Waals surface area contributed by atoms with E-state index in [9.17, 15) is 9.59 Å². The maximum Gasteiger partial charge on any atom is 0.410 e. The number of hydrogen-bond acceptors (Lipinski definition) is 8. The Morgan fingerprint density at radius 2 is 1.57 bits per heavy atom. The number of ether oxygens (including phenoxy) is 1. The Labute approximate surface area is 266 Å². The first kappa shape index (κ1) is 29.3. The molecule has 234 valence electrons. The normalized spacial score (nSPS) is 13.9. The fourth-order valence-corrected chi connectivity index (χ4v) is 6.06. The molecule has 0 bridgehead atoms. The van der Waals surface area contributed by atoms with Crippen LogP contribution in [0.5, 0.6) is 0 Å². The molecule has 7 rings (SSSR count). The lowest BCUT2D eigenvalue weighted by Gasteiger charge is -2.36. The van der Waals surface area contributed by atoms with Crippen molar-refractivity contribution in [3.8, 4) is 5.69 Å². The molecule has 1 aliphatic rings. The molecule has 1 N–H and O–H groups in total. The van der Waals surface area contributed by atoms with Gasteiger partial charge in [-0.3, -0.25) is 9.20 Å². The number of aromatic nitrogens is 5. The van der Waals surface area contributed by atoms with Crippen LogP contribution in [-0.2, 0) is 4.74 Å². The van der Waals surface area contributed by atoms with Crippen molar-refractivity contribution >= 4 is 51.3 Å². The van der Waals surface area contributed by atoms with E-state index >= 15 is 0 Å². The lowest BCUT2D eigenvalue weighted by atomic mass is 10.1. The van der Waals surface area contributed by atoms with E-state index in [0.29, 0.717) is 48.9 Å². The molecule has 11 nitrogen and oxygen atoms in total. The molecule has 3 aromatic heterocycles. The van der Waals surface area contributed by atoms with Gasteiger partial charge in [0.2, 0.25) is 11.7 Å². The molecule has 11 heteroatoms. The van der Waals surface area contributed by atoms with Gasteiger partial charge in [-0.1, -0.05) is 30.3 Å². The first-order valence-corrected chi connectivity index (χ1v) is 15.4. The van der Waals surface area contributed by atoms with Gasteiger partial charge in [-0.15, -0.1) is 0 Å². The molecule has 0 atom stereocenters. The highest BCUT2D eigenvalue weighted by Gasteiger charge is 2.26. The third-order valence-electron chi connectivity index (χ3n) is 8.24. The summed E-state index contributed by atoms with van der Waals surface area (Å²) in [5.41, 5.74) is 6.00. The van der Waals surface area contributed by atoms with Gasteiger partial charge in [-0.05, 0) is 82.1 Å². The van der Waals surface area contributed by atoms with Crippen molar-refractivity contribution in [2.45, 2.75) is 40.2 Å². The number of rotatable bonds is 4. The second-order valence-electron chi connectivity index (χ2n) is 12.7. The van der Waals surface area contributed by atoms with E-state index in [1.807, 2.05) is 106 Å². The van der Waals surface area contributed by atoms with Crippen LogP contribution in [0.25, 0.3) is 33.5 Å². The van der Waals surface area contributed by atoms with Crippen LogP contribution in [0.3, 0.4) is 0 Å². The molecule has 0 spiro atoms. The number of amides is 1. The number of aryl methyl sites for hydroxylation is 2. The van der Waals surface area contributed by atoms with Crippen LogP contribution in [0.15, 0.2) is 77.7 Å². The van der Waals surface area contributed by atoms with Crippen molar-refractivity contribution in [2.24, 2.45) is 0 Å². The third-order valence-corrected chi connectivity index (χ3v) is 8.24. The number of hydrogen-bond donors (Lipinski definition) is 1. The minimum absolute atomic E-state index is 0.224. The van der Waals surface area contributed by atoms with Gasteiger partial charge in [0.25, 0.3) is 5.56 Å². The first-order chi connectivity index (χ1) is 22.1. The molecule has 4 heterocycles. The number of nitrogens with zero attached hydrogens (tertiary/aromatic N) is 7. The molecule has 0 aliphatic carbocycles. The molecule has 46 heavy (non-hydrogen) atoms. The van der Waals surface area contributed by atoms with Crippen LogP contribution in [0.1, 0.15) is 31.9 Å². The van der Waals surface area contributed by atoms with Crippen molar-refractivity contribution in [3.63, 3.8) is 0 Å². The van der Waals surface area contributed by atoms with E-state index in [1.165, 1.54) is 0 Å². The number of benzene rings is 3. The monoisotopic (exact) mass is 616 g/mol. The average molecular weight is 617 g/mol. The zero-order valence-corrected chi connectivity index (χ0v) is 26.6. The minimum atomic E-state index is -0.510. The number of nitrogens with one attached hydrogen (secondary N) is 1. The molecule has 1 fully saturated rings. The fraction of sp³-hybridized carbons (Fsp3) is 0.286. The van der Waals surface area contributed by atoms with Crippen LogP contribution in [-0.4, -0.2) is 66.7 Å². The number of fused-ring (bicyclic) bond motifs is 5. The maximum absolute atomic E-state index is 14.1. The molecule has 3 aromatic carbocycles. The van der Waals surface area contributed by atoms with Crippen molar-refractivity contribution in [2.75, 3.05) is 36.4 Å². The lowest BCUT2D eigenvalue weighted by molar-refractivity contribution is 0.0240. The summed E-state index contributed by atoms with van der Waals surface area (Å²) in [5.74, 6) is 0.867. The van der Waals surface area contributed by atoms with Gasteiger partial charge in [-0.25, -0.2) is 19.3 Å². The largest absolute Gasteiger partial charge is 0.444 e. The van der Waals surface area contributed by atoms with E-state index in [2.05, 4.69) is 15.2 Å². The predicted octanol–water partition coefficient (Wildman–Crippen LogP) is 6.00. The molecule has 0 unspecified atom stereocenters. The molecule has 6 aromatic rings. The molecular formula is C35H36N8O3. The highest BCUT2D eigenvalue weighted by Crippen LogP contribution is 2.27. The molecular weight excluding hydrogens is 580 g/mol. The smallest absolute Gasteiger partial charge is 0.410 e.